The fourth-order valence-corrected chi connectivity index (χ4v) is 0. The van der Waals surface area contributed by atoms with E-state index in [1.165, 1.54) is 0 Å². The van der Waals surface area contributed by atoms with Gasteiger partial charge >= 0.3 is 0 Å². The quantitative estimate of drug-likeness (QED) is 0.440. The van der Waals surface area contributed by atoms with Gasteiger partial charge in [0.25, 0.3) is 0 Å². The number of hydrogen-bond donors (Lipinski definition) is 1. The van der Waals surface area contributed by atoms with Crippen LogP contribution in [0.5, 0.6) is 0 Å². The van der Waals surface area contributed by atoms with Crippen LogP contribution in [0.4, 0.5) is 2.86 Å². The molecule has 0 aromatic rings. The van der Waals surface area contributed by atoms with E-state index in [9.17, 15) is 2.86 Å². The first-order chi connectivity index (χ1) is 1.91. The Morgan fingerprint density at radius 1 is 2.00 bits per heavy atom. The highest BCUT2D eigenvalue weighted by Gasteiger charge is 1.43. The van der Waals surface area contributed by atoms with Crippen molar-refractivity contribution >= 4 is 21.6 Å². The van der Waals surface area contributed by atoms with E-state index in [2.05, 4.69) is 3.31 Å². The van der Waals surface area contributed by atoms with Gasteiger partial charge in [0.1, 0.15) is 0 Å². The Bertz CT molecular complexity index is 23.2. The van der Waals surface area contributed by atoms with E-state index >= 15 is 0 Å². The van der Waals surface area contributed by atoms with Gasteiger partial charge in [-0.25, -0.2) is 0 Å². The molecule has 4 heavy (non-hydrogen) atoms. The molecule has 0 rings (SSSR count). The molecule has 0 bridgehead atoms. The van der Waals surface area contributed by atoms with Crippen molar-refractivity contribution in [3.63, 3.8) is 0 Å². The van der Waals surface area contributed by atoms with Crippen molar-refractivity contribution in [3.8, 4) is 0 Å². The summed E-state index contributed by atoms with van der Waals surface area (Å²) in [4.78, 5) is 0. The van der Waals surface area contributed by atoms with E-state index < -0.39 is 21.6 Å². The zero-order valence-electron chi connectivity index (χ0n) is 1.65. The third-order valence-electron chi connectivity index (χ3n) is 0.0286. The van der Waals surface area contributed by atoms with Gasteiger partial charge in [0.05, 0.1) is 0 Å². The molecule has 0 aliphatic heterocycles. The summed E-state index contributed by atoms with van der Waals surface area (Å²) in [6, 6.07) is 0. The number of halogens is 2. The molecule has 0 aliphatic rings. The van der Waals surface area contributed by atoms with Crippen molar-refractivity contribution in [1.29, 1.82) is 0 Å². The molecule has 26 valence electrons. The Labute approximate surface area is 33.5 Å². The molecule has 4 heteroatoms. The van der Waals surface area contributed by atoms with Crippen LogP contribution in [0.25, 0.3) is 0 Å². The standard InChI is InChI=1S/FHINO/c1-2-3-4/h4H. The third kappa shape index (κ3) is 2.42. The molecule has 0 saturated heterocycles. The molecule has 0 fully saturated rings. The SMILES string of the molecule is ON=IF. The minimum atomic E-state index is -1.71. The second kappa shape index (κ2) is 3.42. The van der Waals surface area contributed by atoms with Gasteiger partial charge in [-0.1, -0.05) is 3.31 Å². The van der Waals surface area contributed by atoms with Gasteiger partial charge in [-0.2, -0.15) is 2.86 Å². The fraction of sp³-hybridized carbons (Fsp3) is 0. The molecule has 0 heterocycles. The summed E-state index contributed by atoms with van der Waals surface area (Å²) < 4.78 is 12.6. The second-order valence-corrected chi connectivity index (χ2v) is 0.936. The second-order valence-electron chi connectivity index (χ2n) is 0.139. The van der Waals surface area contributed by atoms with Gasteiger partial charge in [0.2, 0.25) is 21.6 Å². The lowest BCUT2D eigenvalue weighted by Gasteiger charge is -1.45. The van der Waals surface area contributed by atoms with Crippen LogP contribution in [0, 0.1) is 0 Å². The summed E-state index contributed by atoms with van der Waals surface area (Å²) in [6.45, 7) is 0. The van der Waals surface area contributed by atoms with Gasteiger partial charge in [-0.15, -0.1) is 0 Å². The van der Waals surface area contributed by atoms with Crippen LogP contribution in [0.15, 0.2) is 3.31 Å². The lowest BCUT2D eigenvalue weighted by Crippen LogP contribution is -1.22. The molecular weight excluding hydrogens is 176 g/mol. The Morgan fingerprint density at radius 3 is 2.25 bits per heavy atom. The molecule has 0 aliphatic carbocycles. The normalized spacial score (nSPS) is 11.5. The Balaban J connectivity index is 2.55. The van der Waals surface area contributed by atoms with E-state index in [0.717, 1.165) is 0 Å². The first kappa shape index (κ1) is 4.42. The Hall–Kier alpha value is 0.420. The molecule has 0 spiro atoms. The van der Waals surface area contributed by atoms with E-state index in [1.807, 2.05) is 0 Å². The first-order valence-corrected chi connectivity index (χ1v) is 2.29. The number of hydrogen-bond acceptors (Lipinski definition) is 2. The highest BCUT2D eigenvalue weighted by molar-refractivity contribution is 14.1. The maximum absolute atomic E-state index is 10.4. The molecule has 0 atom stereocenters. The molecule has 0 saturated carbocycles. The van der Waals surface area contributed by atoms with Crippen molar-refractivity contribution in [2.75, 3.05) is 0 Å². The number of rotatable bonds is 0. The van der Waals surface area contributed by atoms with Crippen molar-refractivity contribution in [1.82, 2.24) is 0 Å². The van der Waals surface area contributed by atoms with Gasteiger partial charge in [0.15, 0.2) is 0 Å². The predicted molar refractivity (Wildman–Crippen MR) is 19.3 cm³/mol. The largest absolute Gasteiger partial charge is 0.261 e. The average molecular weight is 177 g/mol. The molecule has 0 unspecified atom stereocenters. The molecular formula is HFINO. The summed E-state index contributed by atoms with van der Waals surface area (Å²) in [5.74, 6) is 0. The van der Waals surface area contributed by atoms with Crippen LogP contribution >= 0.6 is 21.6 Å². The van der Waals surface area contributed by atoms with Crippen molar-refractivity contribution in [2.45, 2.75) is 0 Å². The highest BCUT2D eigenvalue weighted by Crippen LogP contribution is 1.93. The Kier molecular flexibility index (Phi) is 3.78. The summed E-state index contributed by atoms with van der Waals surface area (Å²) in [7, 11) is 0. The monoisotopic (exact) mass is 177 g/mol. The van der Waals surface area contributed by atoms with E-state index in [1.54, 1.807) is 0 Å². The zero-order chi connectivity index (χ0) is 3.41. The molecule has 0 radical (unpaired) electrons. The third-order valence-corrected chi connectivity index (χ3v) is 0.192. The topological polar surface area (TPSA) is 32.6 Å². The van der Waals surface area contributed by atoms with Crippen LogP contribution < -0.4 is 0 Å². The summed E-state index contributed by atoms with van der Waals surface area (Å²) in [5.41, 5.74) is 0. The Morgan fingerprint density at radius 2 is 2.25 bits per heavy atom. The molecule has 1 N–H and O–H groups in total. The van der Waals surface area contributed by atoms with E-state index in [0.29, 0.717) is 0 Å². The summed E-state index contributed by atoms with van der Waals surface area (Å²) in [6.07, 6.45) is 0. The smallest absolute Gasteiger partial charge is 0.247 e. The van der Waals surface area contributed by atoms with Crippen LogP contribution in [-0.4, -0.2) is 5.21 Å². The highest BCUT2D eigenvalue weighted by atomic mass is 127. The van der Waals surface area contributed by atoms with Crippen LogP contribution in [0.3, 0.4) is 0 Å². The van der Waals surface area contributed by atoms with Gasteiger partial charge in [-0.05, 0) is 0 Å². The van der Waals surface area contributed by atoms with Gasteiger partial charge in [-0.3, -0.25) is 5.21 Å². The fourth-order valence-electron chi connectivity index (χ4n) is 0. The van der Waals surface area contributed by atoms with E-state index in [-0.39, 0.29) is 0 Å². The molecule has 2 nitrogen and oxygen atoms in total. The average Bonchev–Trinajstić information content (AvgIpc) is 1.37. The van der Waals surface area contributed by atoms with Crippen LogP contribution in [0.2, 0.25) is 0 Å². The maximum Gasteiger partial charge on any atom is 0.247 e. The molecule has 0 aromatic carbocycles. The predicted octanol–water partition coefficient (Wildman–Crippen LogP) is 1.41. The lowest BCUT2D eigenvalue weighted by molar-refractivity contribution is 0.336. The van der Waals surface area contributed by atoms with E-state index in [4.69, 9.17) is 5.21 Å². The summed E-state index contributed by atoms with van der Waals surface area (Å²) >= 11 is -1.71. The van der Waals surface area contributed by atoms with Crippen molar-refractivity contribution < 1.29 is 8.07 Å². The van der Waals surface area contributed by atoms with Crippen molar-refractivity contribution in [3.05, 3.63) is 0 Å². The molecule has 0 amide bonds. The van der Waals surface area contributed by atoms with Crippen LogP contribution in [-0.2, 0) is 0 Å². The molecule has 0 aromatic heterocycles. The van der Waals surface area contributed by atoms with Gasteiger partial charge < -0.3 is 0 Å². The van der Waals surface area contributed by atoms with Crippen molar-refractivity contribution in [2.24, 2.45) is 3.31 Å². The zero-order valence-corrected chi connectivity index (χ0v) is 3.81. The summed E-state index contributed by atoms with van der Waals surface area (Å²) in [5, 5.41) is 7.17. The number of nitrogens with zero attached hydrogens (tertiary/aromatic N) is 1. The minimum Gasteiger partial charge on any atom is -0.261 e. The first-order valence-electron chi connectivity index (χ1n) is 0.512. The van der Waals surface area contributed by atoms with Crippen LogP contribution in [0.1, 0.15) is 0 Å². The maximum atomic E-state index is 10.4. The lowest BCUT2D eigenvalue weighted by atomic mass is 13.6. The van der Waals surface area contributed by atoms with Gasteiger partial charge in [0, 0.05) is 0 Å². The minimum absolute atomic E-state index is 1.71.